The van der Waals surface area contributed by atoms with E-state index in [2.05, 4.69) is 26.8 Å². The molecular weight excluding hydrogens is 460 g/mol. The van der Waals surface area contributed by atoms with Crippen LogP contribution in [0, 0.1) is 0 Å². The summed E-state index contributed by atoms with van der Waals surface area (Å²) in [7, 11) is 3.30. The molecule has 2 aliphatic heterocycles. The van der Waals surface area contributed by atoms with Gasteiger partial charge in [-0.15, -0.1) is 11.3 Å². The van der Waals surface area contributed by atoms with Crippen LogP contribution in [0.2, 0.25) is 5.02 Å². The van der Waals surface area contributed by atoms with Gasteiger partial charge in [0.05, 0.1) is 19.9 Å². The average Bonchev–Trinajstić information content (AvgIpc) is 3.54. The van der Waals surface area contributed by atoms with Crippen molar-refractivity contribution in [3.05, 3.63) is 86.8 Å². The summed E-state index contributed by atoms with van der Waals surface area (Å²) < 4.78 is 19.8. The quantitative estimate of drug-likeness (QED) is 0.413. The number of thiophene rings is 1. The molecule has 0 unspecified atom stereocenters. The molecule has 7 nitrogen and oxygen atoms in total. The Bertz CT molecular complexity index is 1380. The van der Waals surface area contributed by atoms with Crippen molar-refractivity contribution in [3.8, 4) is 17.2 Å². The maximum atomic E-state index is 6.66. The lowest BCUT2D eigenvalue weighted by Crippen LogP contribution is -2.32. The molecule has 33 heavy (non-hydrogen) atoms. The lowest BCUT2D eigenvalue weighted by Gasteiger charge is -2.38. The number of methoxy groups -OCH3 is 2. The van der Waals surface area contributed by atoms with Gasteiger partial charge in [-0.2, -0.15) is 10.1 Å². The molecule has 9 heteroatoms. The number of benzene rings is 2. The Morgan fingerprint density at radius 2 is 2.03 bits per heavy atom. The Labute approximate surface area is 199 Å². The third-order valence-corrected chi connectivity index (χ3v) is 7.07. The minimum atomic E-state index is -0.462. The van der Waals surface area contributed by atoms with Crippen LogP contribution >= 0.6 is 22.9 Å². The van der Waals surface area contributed by atoms with Crippen LogP contribution in [0.25, 0.3) is 5.70 Å². The van der Waals surface area contributed by atoms with E-state index in [1.54, 1.807) is 31.9 Å². The molecule has 0 bridgehead atoms. The summed E-state index contributed by atoms with van der Waals surface area (Å²) in [5.74, 6) is 2.81. The molecule has 0 fully saturated rings. The normalized spacial score (nSPS) is 18.5. The molecule has 6 rings (SSSR count). The summed E-state index contributed by atoms with van der Waals surface area (Å²) in [6, 6.07) is 15.3. The zero-order chi connectivity index (χ0) is 22.5. The van der Waals surface area contributed by atoms with Gasteiger partial charge in [-0.05, 0) is 47.8 Å². The highest BCUT2D eigenvalue weighted by Gasteiger charge is 2.42. The average molecular weight is 479 g/mol. The molecule has 2 aliphatic rings. The zero-order valence-electron chi connectivity index (χ0n) is 17.8. The molecule has 1 N–H and O–H groups in total. The lowest BCUT2D eigenvalue weighted by molar-refractivity contribution is 0.217. The fourth-order valence-corrected chi connectivity index (χ4v) is 5.46. The van der Waals surface area contributed by atoms with E-state index in [1.807, 2.05) is 47.1 Å². The lowest BCUT2D eigenvalue weighted by atomic mass is 9.86. The van der Waals surface area contributed by atoms with Gasteiger partial charge in [-0.1, -0.05) is 17.7 Å². The first-order valence-electron chi connectivity index (χ1n) is 10.3. The third-order valence-electron chi connectivity index (χ3n) is 5.91. The molecule has 2 aromatic heterocycles. The van der Waals surface area contributed by atoms with Crippen LogP contribution in [-0.2, 0) is 0 Å². The molecule has 4 aromatic rings. The summed E-state index contributed by atoms with van der Waals surface area (Å²) in [6.45, 7) is 0. The van der Waals surface area contributed by atoms with Gasteiger partial charge < -0.3 is 19.5 Å². The number of halogens is 1. The molecule has 2 atom stereocenters. The van der Waals surface area contributed by atoms with E-state index in [1.165, 1.54) is 0 Å². The number of nitrogens with one attached hydrogen (secondary N) is 1. The van der Waals surface area contributed by atoms with Crippen LogP contribution in [0.1, 0.15) is 28.1 Å². The molecule has 0 amide bonds. The topological polar surface area (TPSA) is 70.4 Å². The summed E-state index contributed by atoms with van der Waals surface area (Å²) in [6.07, 6.45) is 1.10. The minimum Gasteiger partial charge on any atom is -0.497 e. The van der Waals surface area contributed by atoms with Crippen molar-refractivity contribution in [2.45, 2.75) is 12.1 Å². The van der Waals surface area contributed by atoms with Gasteiger partial charge in [0.2, 0.25) is 5.95 Å². The number of fused-ring (bicyclic) bond motifs is 3. The third kappa shape index (κ3) is 3.17. The van der Waals surface area contributed by atoms with Crippen molar-refractivity contribution in [1.29, 1.82) is 0 Å². The van der Waals surface area contributed by atoms with Crippen LogP contribution < -0.4 is 19.5 Å². The Kier molecular flexibility index (Phi) is 4.78. The SMILES string of the molecule is COc1ccc(OC)c([C@@H]2Oc3ccc(Cl)cc3C3=C2[C@H](c2cccs2)n2ncnc2N3)c1. The Hall–Kier alpha value is -3.49. The number of aromatic nitrogens is 3. The molecule has 0 aliphatic carbocycles. The monoisotopic (exact) mass is 478 g/mol. The second kappa shape index (κ2) is 7.83. The van der Waals surface area contributed by atoms with E-state index in [9.17, 15) is 0 Å². The predicted molar refractivity (Wildman–Crippen MR) is 127 cm³/mol. The second-order valence-electron chi connectivity index (χ2n) is 7.65. The van der Waals surface area contributed by atoms with Gasteiger partial charge in [0.1, 0.15) is 29.6 Å². The van der Waals surface area contributed by atoms with Crippen molar-refractivity contribution >= 4 is 34.6 Å². The summed E-state index contributed by atoms with van der Waals surface area (Å²) in [5.41, 5.74) is 3.65. The fraction of sp³-hybridized carbons (Fsp3) is 0.167. The summed E-state index contributed by atoms with van der Waals surface area (Å²) in [4.78, 5) is 5.58. The molecular formula is C24H19ClN4O3S. The van der Waals surface area contributed by atoms with Crippen molar-refractivity contribution in [2.24, 2.45) is 0 Å². The molecule has 0 saturated carbocycles. The van der Waals surface area contributed by atoms with Crippen LogP contribution in [0.4, 0.5) is 5.95 Å². The van der Waals surface area contributed by atoms with E-state index in [0.717, 1.165) is 38.8 Å². The maximum Gasteiger partial charge on any atom is 0.226 e. The molecule has 4 heterocycles. The highest BCUT2D eigenvalue weighted by molar-refractivity contribution is 7.10. The van der Waals surface area contributed by atoms with E-state index < -0.39 is 6.10 Å². The summed E-state index contributed by atoms with van der Waals surface area (Å²) >= 11 is 8.05. The van der Waals surface area contributed by atoms with Crippen LogP contribution in [0.3, 0.4) is 0 Å². The predicted octanol–water partition coefficient (Wildman–Crippen LogP) is 5.57. The smallest absolute Gasteiger partial charge is 0.226 e. The number of rotatable bonds is 4. The van der Waals surface area contributed by atoms with Crippen LogP contribution in [0.15, 0.2) is 65.8 Å². The van der Waals surface area contributed by atoms with Crippen molar-refractivity contribution < 1.29 is 14.2 Å². The number of hydrogen-bond donors (Lipinski definition) is 1. The highest BCUT2D eigenvalue weighted by atomic mass is 35.5. The Balaban J connectivity index is 1.65. The van der Waals surface area contributed by atoms with Gasteiger partial charge in [0, 0.05) is 26.6 Å². The second-order valence-corrected chi connectivity index (χ2v) is 9.06. The zero-order valence-corrected chi connectivity index (χ0v) is 19.4. The maximum absolute atomic E-state index is 6.66. The summed E-state index contributed by atoms with van der Waals surface area (Å²) in [5, 5.41) is 10.7. The first-order valence-corrected chi connectivity index (χ1v) is 11.6. The number of hydrogen-bond acceptors (Lipinski definition) is 7. The van der Waals surface area contributed by atoms with E-state index in [4.69, 9.17) is 25.8 Å². The fourth-order valence-electron chi connectivity index (χ4n) is 4.46. The van der Waals surface area contributed by atoms with Gasteiger partial charge in [0.15, 0.2) is 6.10 Å². The number of nitrogens with zero attached hydrogens (tertiary/aromatic N) is 3. The van der Waals surface area contributed by atoms with E-state index in [-0.39, 0.29) is 6.04 Å². The molecule has 0 spiro atoms. The molecule has 2 aromatic carbocycles. The standard InChI is InChI=1S/C24H19ClN4O3S/c1-30-14-6-8-17(31-2)16(11-14)23-20-21(15-10-13(25)5-7-18(15)32-23)28-24-26-12-27-29(24)22(20)19-4-3-9-33-19/h3-12,22-23H,1-2H3,(H,26,27,28)/t22-,23-/m0/s1. The van der Waals surface area contributed by atoms with E-state index >= 15 is 0 Å². The largest absolute Gasteiger partial charge is 0.497 e. The first-order chi connectivity index (χ1) is 16.2. The van der Waals surface area contributed by atoms with E-state index in [0.29, 0.717) is 16.7 Å². The molecule has 0 radical (unpaired) electrons. The highest BCUT2D eigenvalue weighted by Crippen LogP contribution is 2.53. The Morgan fingerprint density at radius 3 is 2.82 bits per heavy atom. The van der Waals surface area contributed by atoms with Crippen molar-refractivity contribution in [3.63, 3.8) is 0 Å². The van der Waals surface area contributed by atoms with Gasteiger partial charge >= 0.3 is 0 Å². The first kappa shape index (κ1) is 20.1. The molecule has 166 valence electrons. The van der Waals surface area contributed by atoms with Crippen molar-refractivity contribution in [1.82, 2.24) is 14.8 Å². The van der Waals surface area contributed by atoms with Crippen LogP contribution in [0.5, 0.6) is 17.2 Å². The Morgan fingerprint density at radius 1 is 1.12 bits per heavy atom. The minimum absolute atomic E-state index is 0.216. The molecule has 0 saturated heterocycles. The van der Waals surface area contributed by atoms with Gasteiger partial charge in [-0.3, -0.25) is 0 Å². The van der Waals surface area contributed by atoms with Gasteiger partial charge in [-0.25, -0.2) is 4.68 Å². The number of ether oxygens (including phenoxy) is 3. The van der Waals surface area contributed by atoms with Crippen LogP contribution in [-0.4, -0.2) is 29.0 Å². The van der Waals surface area contributed by atoms with Gasteiger partial charge in [0.25, 0.3) is 0 Å². The number of anilines is 1. The van der Waals surface area contributed by atoms with Crippen molar-refractivity contribution in [2.75, 3.05) is 19.5 Å².